The molecule has 164 valence electrons. The van der Waals surface area contributed by atoms with E-state index in [2.05, 4.69) is 35.8 Å². The predicted molar refractivity (Wildman–Crippen MR) is 124 cm³/mol. The van der Waals surface area contributed by atoms with E-state index in [1.807, 2.05) is 24.1 Å². The van der Waals surface area contributed by atoms with E-state index < -0.39 is 10.0 Å². The maximum atomic E-state index is 13.1. The number of nitrogens with one attached hydrogen (secondary N) is 1. The third kappa shape index (κ3) is 4.27. The molecule has 0 spiro atoms. The van der Waals surface area contributed by atoms with Crippen LogP contribution in [0.1, 0.15) is 38.4 Å². The van der Waals surface area contributed by atoms with Gasteiger partial charge in [-0.25, -0.2) is 13.1 Å². The summed E-state index contributed by atoms with van der Waals surface area (Å²) in [5.74, 6) is 0.804. The van der Waals surface area contributed by atoms with Crippen LogP contribution < -0.4 is 9.62 Å². The van der Waals surface area contributed by atoms with Crippen molar-refractivity contribution < 1.29 is 8.42 Å². The molecule has 0 fully saturated rings. The van der Waals surface area contributed by atoms with Crippen molar-refractivity contribution >= 4 is 33.1 Å². The molecule has 0 saturated heterocycles. The smallest absolute Gasteiger partial charge is 0.261 e. The number of halogens is 1. The molecule has 0 amide bonds. The van der Waals surface area contributed by atoms with Crippen LogP contribution in [0.3, 0.4) is 0 Å². The number of sulfonamides is 1. The molecule has 0 radical (unpaired) electrons. The monoisotopic (exact) mass is 459 g/mol. The molecule has 2 heterocycles. The number of aromatic nitrogens is 3. The molecule has 1 N–H and O–H groups in total. The van der Waals surface area contributed by atoms with Crippen molar-refractivity contribution in [2.75, 3.05) is 23.2 Å². The normalized spacial score (nSPS) is 14.4. The van der Waals surface area contributed by atoms with Gasteiger partial charge >= 0.3 is 0 Å². The summed E-state index contributed by atoms with van der Waals surface area (Å²) < 4.78 is 30.6. The van der Waals surface area contributed by atoms with Crippen LogP contribution in [0.25, 0.3) is 5.69 Å². The van der Waals surface area contributed by atoms with E-state index in [4.69, 9.17) is 11.6 Å². The van der Waals surface area contributed by atoms with Crippen LogP contribution in [0, 0.1) is 0 Å². The summed E-state index contributed by atoms with van der Waals surface area (Å²) in [6, 6.07) is 12.0. The van der Waals surface area contributed by atoms with Gasteiger partial charge in [0.25, 0.3) is 10.0 Å². The molecular formula is C22H26ClN5O2S. The maximum absolute atomic E-state index is 13.1. The highest BCUT2D eigenvalue weighted by molar-refractivity contribution is 7.92. The van der Waals surface area contributed by atoms with Crippen molar-refractivity contribution in [3.63, 3.8) is 0 Å². The summed E-state index contributed by atoms with van der Waals surface area (Å²) >= 11 is 6.24. The van der Waals surface area contributed by atoms with E-state index in [1.54, 1.807) is 35.0 Å². The van der Waals surface area contributed by atoms with Crippen LogP contribution >= 0.6 is 11.6 Å². The van der Waals surface area contributed by atoms with Gasteiger partial charge in [0, 0.05) is 18.6 Å². The molecule has 0 atom stereocenters. The molecule has 0 unspecified atom stereocenters. The summed E-state index contributed by atoms with van der Waals surface area (Å²) in [5, 5.41) is 9.07. The molecule has 3 aromatic rings. The number of hydrogen-bond donors (Lipinski definition) is 1. The van der Waals surface area contributed by atoms with E-state index in [0.717, 1.165) is 36.5 Å². The molecule has 2 aromatic carbocycles. The summed E-state index contributed by atoms with van der Waals surface area (Å²) in [6.45, 7) is 7.17. The second-order valence-corrected chi connectivity index (χ2v) is 11.0. The van der Waals surface area contributed by atoms with Gasteiger partial charge in [-0.15, -0.1) is 5.10 Å². The molecular weight excluding hydrogens is 434 g/mol. The van der Waals surface area contributed by atoms with Crippen molar-refractivity contribution in [1.29, 1.82) is 0 Å². The number of rotatable bonds is 4. The largest absolute Gasteiger partial charge is 0.357 e. The van der Waals surface area contributed by atoms with Crippen LogP contribution in [0.2, 0.25) is 5.02 Å². The van der Waals surface area contributed by atoms with Crippen LogP contribution in [-0.4, -0.2) is 37.0 Å². The van der Waals surface area contributed by atoms with Gasteiger partial charge in [0.2, 0.25) is 0 Å². The standard InChI is InChI=1S/C22H26ClN5O2S/c1-22(2,3)15-7-10-17(11-8-15)31(29,30)25-18-12-9-16(23)14-20(18)28-19-6-5-13-27(4)21(19)24-26-28/h7-12,14,25H,5-6,13H2,1-4H3. The van der Waals surface area contributed by atoms with Crippen LogP contribution in [0.5, 0.6) is 0 Å². The first-order valence-electron chi connectivity index (χ1n) is 10.2. The first-order chi connectivity index (χ1) is 14.6. The van der Waals surface area contributed by atoms with Gasteiger partial charge in [-0.1, -0.05) is 49.7 Å². The zero-order chi connectivity index (χ0) is 22.4. The van der Waals surface area contributed by atoms with E-state index >= 15 is 0 Å². The van der Waals surface area contributed by atoms with Crippen molar-refractivity contribution in [1.82, 2.24) is 15.0 Å². The number of hydrogen-bond acceptors (Lipinski definition) is 5. The van der Waals surface area contributed by atoms with Gasteiger partial charge in [0.15, 0.2) is 5.82 Å². The predicted octanol–water partition coefficient (Wildman–Crippen LogP) is 4.40. The molecule has 9 heteroatoms. The van der Waals surface area contributed by atoms with Gasteiger partial charge in [0.05, 0.1) is 22.0 Å². The number of benzene rings is 2. The molecule has 0 saturated carbocycles. The molecule has 0 bridgehead atoms. The quantitative estimate of drug-likeness (QED) is 0.625. The van der Waals surface area contributed by atoms with Crippen LogP contribution in [0.4, 0.5) is 11.5 Å². The Labute approximate surface area is 188 Å². The van der Waals surface area contributed by atoms with Crippen molar-refractivity contribution in [2.24, 2.45) is 0 Å². The lowest BCUT2D eigenvalue weighted by Crippen LogP contribution is -2.25. The minimum Gasteiger partial charge on any atom is -0.357 e. The van der Waals surface area contributed by atoms with Crippen LogP contribution in [-0.2, 0) is 21.9 Å². The highest BCUT2D eigenvalue weighted by Crippen LogP contribution is 2.32. The van der Waals surface area contributed by atoms with Crippen molar-refractivity contribution in [3.8, 4) is 5.69 Å². The third-order valence-corrected chi connectivity index (χ3v) is 7.09. The highest BCUT2D eigenvalue weighted by Gasteiger charge is 2.24. The molecule has 0 aliphatic carbocycles. The lowest BCUT2D eigenvalue weighted by molar-refractivity contribution is 0.587. The zero-order valence-electron chi connectivity index (χ0n) is 18.1. The fourth-order valence-electron chi connectivity index (χ4n) is 3.70. The summed E-state index contributed by atoms with van der Waals surface area (Å²) in [5.41, 5.74) is 2.89. The summed E-state index contributed by atoms with van der Waals surface area (Å²) in [4.78, 5) is 2.25. The minimum atomic E-state index is -3.80. The van der Waals surface area contributed by atoms with Gasteiger partial charge in [-0.2, -0.15) is 0 Å². The molecule has 4 rings (SSSR count). The topological polar surface area (TPSA) is 80.1 Å². The fraction of sp³-hybridized carbons (Fsp3) is 0.364. The molecule has 31 heavy (non-hydrogen) atoms. The Bertz CT molecular complexity index is 1210. The third-order valence-electron chi connectivity index (χ3n) is 5.47. The van der Waals surface area contributed by atoms with Gasteiger partial charge in [-0.3, -0.25) is 4.72 Å². The first kappa shape index (κ1) is 21.6. The second kappa shape index (κ2) is 7.84. The van der Waals surface area contributed by atoms with Gasteiger partial charge in [0.1, 0.15) is 0 Å². The number of nitrogens with zero attached hydrogens (tertiary/aromatic N) is 4. The Balaban J connectivity index is 1.72. The van der Waals surface area contributed by atoms with E-state index in [0.29, 0.717) is 16.4 Å². The SMILES string of the molecule is CN1CCCc2c1nnn2-c1cc(Cl)ccc1NS(=O)(=O)c1ccc(C(C)(C)C)cc1. The lowest BCUT2D eigenvalue weighted by Gasteiger charge is -2.23. The van der Waals surface area contributed by atoms with Gasteiger partial charge in [-0.05, 0) is 54.2 Å². The summed E-state index contributed by atoms with van der Waals surface area (Å²) in [7, 11) is -1.83. The molecule has 1 aliphatic heterocycles. The lowest BCUT2D eigenvalue weighted by atomic mass is 9.87. The van der Waals surface area contributed by atoms with Crippen molar-refractivity contribution in [3.05, 3.63) is 58.7 Å². The molecule has 1 aliphatic rings. The van der Waals surface area contributed by atoms with Crippen molar-refractivity contribution in [2.45, 2.75) is 43.9 Å². The highest BCUT2D eigenvalue weighted by atomic mass is 35.5. The Kier molecular flexibility index (Phi) is 5.47. The maximum Gasteiger partial charge on any atom is 0.261 e. The summed E-state index contributed by atoms with van der Waals surface area (Å²) in [6.07, 6.45) is 1.78. The van der Waals surface area contributed by atoms with Gasteiger partial charge < -0.3 is 4.90 Å². The van der Waals surface area contributed by atoms with E-state index in [-0.39, 0.29) is 10.3 Å². The average molecular weight is 460 g/mol. The average Bonchev–Trinajstić information content (AvgIpc) is 3.14. The van der Waals surface area contributed by atoms with E-state index in [1.165, 1.54) is 0 Å². The Morgan fingerprint density at radius 3 is 2.48 bits per heavy atom. The molecule has 7 nitrogen and oxygen atoms in total. The minimum absolute atomic E-state index is 0.0571. The number of anilines is 2. The molecule has 1 aromatic heterocycles. The Hall–Kier alpha value is -2.58. The Morgan fingerprint density at radius 1 is 1.10 bits per heavy atom. The zero-order valence-corrected chi connectivity index (χ0v) is 19.6. The first-order valence-corrected chi connectivity index (χ1v) is 12.0. The van der Waals surface area contributed by atoms with E-state index in [9.17, 15) is 8.42 Å². The number of fused-ring (bicyclic) bond motifs is 1. The van der Waals surface area contributed by atoms with Crippen LogP contribution in [0.15, 0.2) is 47.4 Å². The second-order valence-electron chi connectivity index (χ2n) is 8.84. The Morgan fingerprint density at radius 2 is 1.81 bits per heavy atom. The fourth-order valence-corrected chi connectivity index (χ4v) is 4.94.